The first-order chi connectivity index (χ1) is 8.99. The average Bonchev–Trinajstić information content (AvgIpc) is 2.31. The Bertz CT molecular complexity index is 576. The van der Waals surface area contributed by atoms with Crippen LogP contribution in [0.2, 0.25) is 15.1 Å². The van der Waals surface area contributed by atoms with Gasteiger partial charge in [0, 0.05) is 20.6 Å². The molecule has 100 valence electrons. The molecule has 0 aromatic heterocycles. The Balaban J connectivity index is 2.24. The van der Waals surface area contributed by atoms with Crippen molar-refractivity contribution >= 4 is 56.4 Å². The van der Waals surface area contributed by atoms with Gasteiger partial charge in [0.1, 0.15) is 6.61 Å². The Morgan fingerprint density at radius 1 is 1.11 bits per heavy atom. The van der Waals surface area contributed by atoms with E-state index >= 15 is 0 Å². The van der Waals surface area contributed by atoms with Gasteiger partial charge in [-0.3, -0.25) is 0 Å². The minimum Gasteiger partial charge on any atom is -0.485 e. The number of benzene rings is 2. The molecule has 0 saturated carbocycles. The lowest BCUT2D eigenvalue weighted by molar-refractivity contribution is 0.306. The number of hydrogen-bond acceptors (Lipinski definition) is 2. The highest BCUT2D eigenvalue weighted by atomic mass is 79.9. The molecular formula is C13H9BrCl3NO. The van der Waals surface area contributed by atoms with Gasteiger partial charge in [-0.1, -0.05) is 40.9 Å². The third kappa shape index (κ3) is 3.48. The van der Waals surface area contributed by atoms with Crippen molar-refractivity contribution in [3.8, 4) is 5.75 Å². The highest BCUT2D eigenvalue weighted by Gasteiger charge is 2.11. The van der Waals surface area contributed by atoms with E-state index in [4.69, 9.17) is 45.3 Å². The van der Waals surface area contributed by atoms with Gasteiger partial charge in [-0.2, -0.15) is 0 Å². The maximum absolute atomic E-state index is 6.07. The fraction of sp³-hybridized carbons (Fsp3) is 0.0769. The Labute approximate surface area is 134 Å². The van der Waals surface area contributed by atoms with Crippen LogP contribution in [0.1, 0.15) is 5.56 Å². The largest absolute Gasteiger partial charge is 0.485 e. The molecule has 0 spiro atoms. The van der Waals surface area contributed by atoms with Gasteiger partial charge in [0.05, 0.1) is 10.2 Å². The molecule has 0 atom stereocenters. The first-order valence-corrected chi connectivity index (χ1v) is 7.22. The van der Waals surface area contributed by atoms with Gasteiger partial charge in [-0.25, -0.2) is 0 Å². The summed E-state index contributed by atoms with van der Waals surface area (Å²) in [6, 6.07) is 8.62. The zero-order chi connectivity index (χ0) is 14.0. The van der Waals surface area contributed by atoms with E-state index < -0.39 is 0 Å². The van der Waals surface area contributed by atoms with Crippen molar-refractivity contribution in [2.45, 2.75) is 6.61 Å². The van der Waals surface area contributed by atoms with Gasteiger partial charge >= 0.3 is 0 Å². The molecule has 0 radical (unpaired) electrons. The van der Waals surface area contributed by atoms with Crippen LogP contribution in [-0.2, 0) is 6.61 Å². The maximum Gasteiger partial charge on any atom is 0.156 e. The molecule has 0 saturated heterocycles. The van der Waals surface area contributed by atoms with Gasteiger partial charge in [0.2, 0.25) is 0 Å². The zero-order valence-electron chi connectivity index (χ0n) is 9.59. The monoisotopic (exact) mass is 379 g/mol. The quantitative estimate of drug-likeness (QED) is 0.706. The predicted octanol–water partition coefficient (Wildman–Crippen LogP) is 5.57. The number of rotatable bonds is 3. The smallest absolute Gasteiger partial charge is 0.156 e. The van der Waals surface area contributed by atoms with E-state index in [-0.39, 0.29) is 6.61 Å². The van der Waals surface area contributed by atoms with Crippen LogP contribution in [0.25, 0.3) is 0 Å². The van der Waals surface area contributed by atoms with Crippen LogP contribution in [0.5, 0.6) is 5.75 Å². The van der Waals surface area contributed by atoms with Crippen LogP contribution in [0, 0.1) is 0 Å². The van der Waals surface area contributed by atoms with Crippen LogP contribution < -0.4 is 10.5 Å². The number of nitrogen functional groups attached to an aromatic ring is 1. The molecule has 0 heterocycles. The number of nitrogens with two attached hydrogens (primary N) is 1. The second kappa shape index (κ2) is 6.23. The molecule has 2 aromatic rings. The third-order valence-electron chi connectivity index (χ3n) is 2.46. The third-order valence-corrected chi connectivity index (χ3v) is 3.98. The second-order valence-electron chi connectivity index (χ2n) is 3.79. The molecule has 0 unspecified atom stereocenters. The van der Waals surface area contributed by atoms with Crippen molar-refractivity contribution in [3.05, 3.63) is 55.4 Å². The topological polar surface area (TPSA) is 35.2 Å². The van der Waals surface area contributed by atoms with Gasteiger partial charge in [0.25, 0.3) is 0 Å². The van der Waals surface area contributed by atoms with E-state index in [9.17, 15) is 0 Å². The summed E-state index contributed by atoms with van der Waals surface area (Å²) in [5, 5.41) is 1.64. The van der Waals surface area contributed by atoms with E-state index in [1.165, 1.54) is 0 Å². The van der Waals surface area contributed by atoms with Gasteiger partial charge in [0.15, 0.2) is 5.75 Å². The number of halogens is 4. The summed E-state index contributed by atoms with van der Waals surface area (Å²) in [6.45, 7) is 0.225. The van der Waals surface area contributed by atoms with Gasteiger partial charge in [-0.05, 0) is 40.2 Å². The highest BCUT2D eigenvalue weighted by molar-refractivity contribution is 9.10. The van der Waals surface area contributed by atoms with Crippen LogP contribution >= 0.6 is 50.7 Å². The van der Waals surface area contributed by atoms with E-state index in [0.717, 1.165) is 0 Å². The summed E-state index contributed by atoms with van der Waals surface area (Å²) in [5.74, 6) is 0.514. The average molecular weight is 381 g/mol. The second-order valence-corrected chi connectivity index (χ2v) is 5.90. The first-order valence-electron chi connectivity index (χ1n) is 5.29. The SMILES string of the molecule is Nc1cc(Cl)cc(Br)c1OCc1c(Cl)cccc1Cl. The molecule has 2 aromatic carbocycles. The van der Waals surface area contributed by atoms with Crippen molar-refractivity contribution in [1.29, 1.82) is 0 Å². The summed E-state index contributed by atoms with van der Waals surface area (Å²) >= 11 is 21.4. The Morgan fingerprint density at radius 3 is 2.32 bits per heavy atom. The number of anilines is 1. The molecule has 6 heteroatoms. The van der Waals surface area contributed by atoms with E-state index in [0.29, 0.717) is 36.5 Å². The molecule has 2 rings (SSSR count). The van der Waals surface area contributed by atoms with Crippen molar-refractivity contribution < 1.29 is 4.74 Å². The molecule has 0 aliphatic heterocycles. The molecule has 0 fully saturated rings. The first kappa shape index (κ1) is 14.8. The molecule has 2 N–H and O–H groups in total. The number of hydrogen-bond donors (Lipinski definition) is 1. The molecule has 0 aliphatic carbocycles. The molecule has 2 nitrogen and oxygen atoms in total. The fourth-order valence-electron chi connectivity index (χ4n) is 1.55. The summed E-state index contributed by atoms with van der Waals surface area (Å²) in [4.78, 5) is 0. The van der Waals surface area contributed by atoms with Crippen LogP contribution in [0.3, 0.4) is 0 Å². The Kier molecular flexibility index (Phi) is 4.85. The predicted molar refractivity (Wildman–Crippen MR) is 84.4 cm³/mol. The van der Waals surface area contributed by atoms with Crippen LogP contribution in [0.4, 0.5) is 5.69 Å². The minimum absolute atomic E-state index is 0.225. The van der Waals surface area contributed by atoms with Crippen LogP contribution in [-0.4, -0.2) is 0 Å². The van der Waals surface area contributed by atoms with Crippen molar-refractivity contribution in [3.63, 3.8) is 0 Å². The molecule has 0 amide bonds. The lowest BCUT2D eigenvalue weighted by Gasteiger charge is -2.13. The molecule has 0 aliphatic rings. The fourth-order valence-corrected chi connectivity index (χ4v) is 3.00. The normalized spacial score (nSPS) is 10.5. The van der Waals surface area contributed by atoms with E-state index in [1.807, 2.05) is 0 Å². The van der Waals surface area contributed by atoms with Gasteiger partial charge in [-0.15, -0.1) is 0 Å². The highest BCUT2D eigenvalue weighted by Crippen LogP contribution is 2.36. The Hall–Kier alpha value is -0.610. The summed E-state index contributed by atoms with van der Waals surface area (Å²) < 4.78 is 6.35. The van der Waals surface area contributed by atoms with E-state index in [2.05, 4.69) is 15.9 Å². The summed E-state index contributed by atoms with van der Waals surface area (Å²) in [5.41, 5.74) is 7.02. The van der Waals surface area contributed by atoms with Crippen molar-refractivity contribution in [1.82, 2.24) is 0 Å². The van der Waals surface area contributed by atoms with Crippen molar-refractivity contribution in [2.24, 2.45) is 0 Å². The van der Waals surface area contributed by atoms with Crippen molar-refractivity contribution in [2.75, 3.05) is 5.73 Å². The lowest BCUT2D eigenvalue weighted by Crippen LogP contribution is -2.01. The molecular weight excluding hydrogens is 372 g/mol. The standard InChI is InChI=1S/C13H9BrCl3NO/c14-9-4-7(15)5-12(18)13(9)19-6-8-10(16)2-1-3-11(8)17/h1-5H,6,18H2. The lowest BCUT2D eigenvalue weighted by atomic mass is 10.2. The maximum atomic E-state index is 6.07. The minimum atomic E-state index is 0.225. The Morgan fingerprint density at radius 2 is 1.74 bits per heavy atom. The van der Waals surface area contributed by atoms with Crippen LogP contribution in [0.15, 0.2) is 34.8 Å². The summed E-state index contributed by atoms with van der Waals surface area (Å²) in [7, 11) is 0. The summed E-state index contributed by atoms with van der Waals surface area (Å²) in [6.07, 6.45) is 0. The number of ether oxygens (including phenoxy) is 1. The van der Waals surface area contributed by atoms with Gasteiger partial charge < -0.3 is 10.5 Å². The van der Waals surface area contributed by atoms with E-state index in [1.54, 1.807) is 30.3 Å². The molecule has 19 heavy (non-hydrogen) atoms. The molecule has 0 bridgehead atoms. The zero-order valence-corrected chi connectivity index (χ0v) is 13.4.